The zero-order chi connectivity index (χ0) is 17.4. The molecule has 0 saturated carbocycles. The molecule has 0 radical (unpaired) electrons. The molecule has 5 nitrogen and oxygen atoms in total. The molecule has 1 aliphatic heterocycles. The van der Waals surface area contributed by atoms with Crippen molar-refractivity contribution >= 4 is 17.5 Å². The van der Waals surface area contributed by atoms with Crippen LogP contribution in [0.2, 0.25) is 5.02 Å². The number of carbonyl (C=O) groups excluding carboxylic acids is 1. The standard InChI is InChI=1S/C18H28ClN3O2/c1-3-22(4-2)18(23)15-21-11-9-20(10-12-21)13-14-24-17-7-5-16(19)6-8-17/h5-8H,3-4,9-15H2,1-2H3. The van der Waals surface area contributed by atoms with Crippen molar-refractivity contribution in [3.05, 3.63) is 29.3 Å². The average molecular weight is 354 g/mol. The maximum absolute atomic E-state index is 12.1. The number of piperazine rings is 1. The van der Waals surface area contributed by atoms with Crippen molar-refractivity contribution in [2.45, 2.75) is 13.8 Å². The van der Waals surface area contributed by atoms with E-state index in [-0.39, 0.29) is 5.91 Å². The van der Waals surface area contributed by atoms with Gasteiger partial charge in [0.2, 0.25) is 5.91 Å². The van der Waals surface area contributed by atoms with Crippen LogP contribution in [0.4, 0.5) is 0 Å². The lowest BCUT2D eigenvalue weighted by atomic mass is 10.3. The first-order chi connectivity index (χ1) is 11.6. The van der Waals surface area contributed by atoms with Crippen LogP contribution in [0.25, 0.3) is 0 Å². The maximum Gasteiger partial charge on any atom is 0.236 e. The van der Waals surface area contributed by atoms with E-state index < -0.39 is 0 Å². The van der Waals surface area contributed by atoms with Gasteiger partial charge < -0.3 is 9.64 Å². The molecule has 0 spiro atoms. The molecule has 6 heteroatoms. The molecule has 1 fully saturated rings. The number of benzene rings is 1. The van der Waals surface area contributed by atoms with Gasteiger partial charge in [-0.05, 0) is 38.1 Å². The van der Waals surface area contributed by atoms with Gasteiger partial charge in [-0.15, -0.1) is 0 Å². The van der Waals surface area contributed by atoms with E-state index in [0.29, 0.717) is 13.2 Å². The summed E-state index contributed by atoms with van der Waals surface area (Å²) >= 11 is 5.86. The van der Waals surface area contributed by atoms with Crippen molar-refractivity contribution in [2.24, 2.45) is 0 Å². The molecular formula is C18H28ClN3O2. The first kappa shape index (κ1) is 19.0. The second kappa shape index (κ2) is 9.87. The van der Waals surface area contributed by atoms with Crippen LogP contribution < -0.4 is 4.74 Å². The van der Waals surface area contributed by atoms with Crippen LogP contribution in [0.3, 0.4) is 0 Å². The highest BCUT2D eigenvalue weighted by Crippen LogP contribution is 2.15. The quantitative estimate of drug-likeness (QED) is 0.718. The van der Waals surface area contributed by atoms with E-state index in [0.717, 1.165) is 56.6 Å². The van der Waals surface area contributed by atoms with Crippen LogP contribution in [-0.2, 0) is 4.79 Å². The molecule has 0 unspecified atom stereocenters. The third kappa shape index (κ3) is 5.96. The number of ether oxygens (including phenoxy) is 1. The Balaban J connectivity index is 1.64. The number of hydrogen-bond acceptors (Lipinski definition) is 4. The average Bonchev–Trinajstić information content (AvgIpc) is 2.59. The van der Waals surface area contributed by atoms with Crippen LogP contribution in [0.5, 0.6) is 5.75 Å². The molecule has 134 valence electrons. The molecule has 0 atom stereocenters. The smallest absolute Gasteiger partial charge is 0.236 e. The molecule has 0 N–H and O–H groups in total. The summed E-state index contributed by atoms with van der Waals surface area (Å²) in [5, 5.41) is 0.720. The highest BCUT2D eigenvalue weighted by Gasteiger charge is 2.20. The summed E-state index contributed by atoms with van der Waals surface area (Å²) in [6.45, 7) is 11.6. The van der Waals surface area contributed by atoms with Crippen molar-refractivity contribution in [2.75, 3.05) is 59.0 Å². The van der Waals surface area contributed by atoms with Gasteiger partial charge in [-0.25, -0.2) is 0 Å². The van der Waals surface area contributed by atoms with Gasteiger partial charge in [0, 0.05) is 50.8 Å². The maximum atomic E-state index is 12.1. The number of carbonyl (C=O) groups is 1. The van der Waals surface area contributed by atoms with E-state index in [1.807, 2.05) is 43.0 Å². The number of amides is 1. The molecule has 1 aromatic carbocycles. The van der Waals surface area contributed by atoms with E-state index in [9.17, 15) is 4.79 Å². The normalized spacial score (nSPS) is 16.1. The van der Waals surface area contributed by atoms with Crippen molar-refractivity contribution < 1.29 is 9.53 Å². The van der Waals surface area contributed by atoms with Crippen LogP contribution in [0.1, 0.15) is 13.8 Å². The minimum atomic E-state index is 0.236. The molecular weight excluding hydrogens is 326 g/mol. The fourth-order valence-corrected chi connectivity index (χ4v) is 2.99. The second-order valence-electron chi connectivity index (χ2n) is 5.99. The van der Waals surface area contributed by atoms with Gasteiger partial charge in [0.05, 0.1) is 6.54 Å². The first-order valence-electron chi connectivity index (χ1n) is 8.73. The van der Waals surface area contributed by atoms with Crippen LogP contribution in [0, 0.1) is 0 Å². The topological polar surface area (TPSA) is 36.0 Å². The number of rotatable bonds is 8. The van der Waals surface area contributed by atoms with Gasteiger partial charge in [-0.2, -0.15) is 0 Å². The SMILES string of the molecule is CCN(CC)C(=O)CN1CCN(CCOc2ccc(Cl)cc2)CC1. The molecule has 1 aromatic rings. The fraction of sp³-hybridized carbons (Fsp3) is 0.611. The molecule has 0 aromatic heterocycles. The lowest BCUT2D eigenvalue weighted by Gasteiger charge is -2.35. The number of hydrogen-bond donors (Lipinski definition) is 0. The van der Waals surface area contributed by atoms with Gasteiger partial charge in [0.25, 0.3) is 0 Å². The van der Waals surface area contributed by atoms with E-state index in [2.05, 4.69) is 9.80 Å². The summed E-state index contributed by atoms with van der Waals surface area (Å²) in [6, 6.07) is 7.45. The van der Waals surface area contributed by atoms with E-state index in [4.69, 9.17) is 16.3 Å². The Kier molecular flexibility index (Phi) is 7.82. The van der Waals surface area contributed by atoms with E-state index in [1.165, 1.54) is 0 Å². The second-order valence-corrected chi connectivity index (χ2v) is 6.42. The lowest BCUT2D eigenvalue weighted by molar-refractivity contribution is -0.132. The molecule has 0 bridgehead atoms. The monoisotopic (exact) mass is 353 g/mol. The summed E-state index contributed by atoms with van der Waals surface area (Å²) < 4.78 is 5.74. The predicted octanol–water partition coefficient (Wildman–Crippen LogP) is 2.20. The van der Waals surface area contributed by atoms with Crippen molar-refractivity contribution in [3.8, 4) is 5.75 Å². The highest BCUT2D eigenvalue weighted by atomic mass is 35.5. The fourth-order valence-electron chi connectivity index (χ4n) is 2.86. The zero-order valence-corrected chi connectivity index (χ0v) is 15.5. The Bertz CT molecular complexity index is 497. The molecule has 1 saturated heterocycles. The molecule has 1 aliphatic rings. The molecule has 2 rings (SSSR count). The van der Waals surface area contributed by atoms with Gasteiger partial charge in [-0.3, -0.25) is 14.6 Å². The van der Waals surface area contributed by atoms with E-state index >= 15 is 0 Å². The molecule has 0 aliphatic carbocycles. The number of halogens is 1. The Morgan fingerprint density at radius 2 is 1.67 bits per heavy atom. The van der Waals surface area contributed by atoms with E-state index in [1.54, 1.807) is 0 Å². The summed E-state index contributed by atoms with van der Waals surface area (Å²) in [5.41, 5.74) is 0. The predicted molar refractivity (Wildman–Crippen MR) is 97.8 cm³/mol. The van der Waals surface area contributed by atoms with Gasteiger partial charge in [-0.1, -0.05) is 11.6 Å². The van der Waals surface area contributed by atoms with Crippen molar-refractivity contribution in [1.29, 1.82) is 0 Å². The number of nitrogens with zero attached hydrogens (tertiary/aromatic N) is 3. The van der Waals surface area contributed by atoms with Gasteiger partial charge in [0.15, 0.2) is 0 Å². The van der Waals surface area contributed by atoms with Gasteiger partial charge in [0.1, 0.15) is 12.4 Å². The van der Waals surface area contributed by atoms with Crippen LogP contribution in [0.15, 0.2) is 24.3 Å². The third-order valence-electron chi connectivity index (χ3n) is 4.43. The summed E-state index contributed by atoms with van der Waals surface area (Å²) in [4.78, 5) is 18.7. The van der Waals surface area contributed by atoms with Crippen LogP contribution >= 0.6 is 11.6 Å². The number of likely N-dealkylation sites (N-methyl/N-ethyl adjacent to an activating group) is 1. The van der Waals surface area contributed by atoms with Crippen molar-refractivity contribution in [3.63, 3.8) is 0 Å². The third-order valence-corrected chi connectivity index (χ3v) is 4.68. The summed E-state index contributed by atoms with van der Waals surface area (Å²) in [5.74, 6) is 1.09. The molecule has 24 heavy (non-hydrogen) atoms. The zero-order valence-electron chi connectivity index (χ0n) is 14.7. The highest BCUT2D eigenvalue weighted by molar-refractivity contribution is 6.30. The first-order valence-corrected chi connectivity index (χ1v) is 9.11. The molecule has 1 amide bonds. The van der Waals surface area contributed by atoms with Crippen LogP contribution in [-0.4, -0.2) is 79.6 Å². The lowest BCUT2D eigenvalue weighted by Crippen LogP contribution is -2.50. The Morgan fingerprint density at radius 1 is 1.08 bits per heavy atom. The molecule has 1 heterocycles. The largest absolute Gasteiger partial charge is 0.492 e. The summed E-state index contributed by atoms with van der Waals surface area (Å²) in [6.07, 6.45) is 0. The van der Waals surface area contributed by atoms with Gasteiger partial charge >= 0.3 is 0 Å². The summed E-state index contributed by atoms with van der Waals surface area (Å²) in [7, 11) is 0. The minimum absolute atomic E-state index is 0.236. The minimum Gasteiger partial charge on any atom is -0.492 e. The Hall–Kier alpha value is -1.30. The Morgan fingerprint density at radius 3 is 2.25 bits per heavy atom. The van der Waals surface area contributed by atoms with Crippen molar-refractivity contribution in [1.82, 2.24) is 14.7 Å². The Labute approximate surface area is 150 Å².